The SMILES string of the molecule is CNC(=O)[C@@]1(C)CN(C(=O)Cc2c(F)cccc2Cl)CCO1. The Hall–Kier alpha value is -1.66. The quantitative estimate of drug-likeness (QED) is 0.912. The second-order valence-electron chi connectivity index (χ2n) is 5.35. The lowest BCUT2D eigenvalue weighted by molar-refractivity contribution is -0.162. The molecule has 1 fully saturated rings. The third-order valence-electron chi connectivity index (χ3n) is 3.72. The number of halogens is 2. The zero-order valence-electron chi connectivity index (χ0n) is 12.5. The summed E-state index contributed by atoms with van der Waals surface area (Å²) in [7, 11) is 1.51. The van der Waals surface area contributed by atoms with Crippen LogP contribution in [0.3, 0.4) is 0 Å². The summed E-state index contributed by atoms with van der Waals surface area (Å²) in [5.74, 6) is -1.09. The zero-order valence-corrected chi connectivity index (χ0v) is 13.2. The Labute approximate surface area is 133 Å². The zero-order chi connectivity index (χ0) is 16.3. The lowest BCUT2D eigenvalue weighted by atomic mass is 10.0. The first kappa shape index (κ1) is 16.7. The molecule has 0 saturated carbocycles. The number of hydrogen-bond acceptors (Lipinski definition) is 3. The van der Waals surface area contributed by atoms with E-state index in [9.17, 15) is 14.0 Å². The van der Waals surface area contributed by atoms with Gasteiger partial charge in [-0.15, -0.1) is 0 Å². The molecule has 1 aliphatic rings. The van der Waals surface area contributed by atoms with E-state index < -0.39 is 11.4 Å². The van der Waals surface area contributed by atoms with Gasteiger partial charge in [-0.2, -0.15) is 0 Å². The molecule has 1 heterocycles. The first-order valence-electron chi connectivity index (χ1n) is 6.94. The maximum Gasteiger partial charge on any atom is 0.253 e. The maximum absolute atomic E-state index is 13.8. The molecule has 0 bridgehead atoms. The van der Waals surface area contributed by atoms with Crippen LogP contribution in [0.1, 0.15) is 12.5 Å². The van der Waals surface area contributed by atoms with Gasteiger partial charge in [0.15, 0.2) is 5.60 Å². The summed E-state index contributed by atoms with van der Waals surface area (Å²) < 4.78 is 19.3. The molecule has 5 nitrogen and oxygen atoms in total. The third-order valence-corrected chi connectivity index (χ3v) is 4.08. The van der Waals surface area contributed by atoms with Gasteiger partial charge in [0, 0.05) is 24.2 Å². The van der Waals surface area contributed by atoms with Crippen LogP contribution < -0.4 is 5.32 Å². The third kappa shape index (κ3) is 3.39. The molecule has 0 unspecified atom stereocenters. The van der Waals surface area contributed by atoms with Crippen LogP contribution in [0, 0.1) is 5.82 Å². The van der Waals surface area contributed by atoms with E-state index in [-0.39, 0.29) is 42.0 Å². The van der Waals surface area contributed by atoms with Crippen molar-refractivity contribution in [1.82, 2.24) is 10.2 Å². The highest BCUT2D eigenvalue weighted by atomic mass is 35.5. The number of rotatable bonds is 3. The number of amides is 2. The Morgan fingerprint density at radius 3 is 2.86 bits per heavy atom. The van der Waals surface area contributed by atoms with Gasteiger partial charge in [0.25, 0.3) is 5.91 Å². The van der Waals surface area contributed by atoms with Gasteiger partial charge in [0.1, 0.15) is 5.82 Å². The molecule has 0 aromatic heterocycles. The maximum atomic E-state index is 13.8. The average molecular weight is 329 g/mol. The molecule has 1 aromatic carbocycles. The molecule has 1 aromatic rings. The van der Waals surface area contributed by atoms with Crippen LogP contribution in [0.15, 0.2) is 18.2 Å². The highest BCUT2D eigenvalue weighted by molar-refractivity contribution is 6.31. The van der Waals surface area contributed by atoms with E-state index in [0.717, 1.165) is 0 Å². The number of carbonyl (C=O) groups is 2. The summed E-state index contributed by atoms with van der Waals surface area (Å²) in [6.45, 7) is 2.36. The van der Waals surface area contributed by atoms with Crippen molar-refractivity contribution in [2.24, 2.45) is 0 Å². The molecule has 7 heteroatoms. The number of morpholine rings is 1. The largest absolute Gasteiger partial charge is 0.362 e. The van der Waals surface area contributed by atoms with Gasteiger partial charge >= 0.3 is 0 Å². The van der Waals surface area contributed by atoms with Crippen molar-refractivity contribution in [1.29, 1.82) is 0 Å². The Kier molecular flexibility index (Phi) is 5.03. The van der Waals surface area contributed by atoms with E-state index in [1.807, 2.05) is 0 Å². The molecule has 1 aliphatic heterocycles. The van der Waals surface area contributed by atoms with E-state index in [0.29, 0.717) is 6.54 Å². The number of nitrogens with one attached hydrogen (secondary N) is 1. The number of likely N-dealkylation sites (N-methyl/N-ethyl adjacent to an activating group) is 1. The van der Waals surface area contributed by atoms with Gasteiger partial charge < -0.3 is 15.0 Å². The molecule has 0 radical (unpaired) electrons. The topological polar surface area (TPSA) is 58.6 Å². The normalized spacial score (nSPS) is 21.5. The Morgan fingerprint density at radius 2 is 2.23 bits per heavy atom. The van der Waals surface area contributed by atoms with E-state index in [4.69, 9.17) is 16.3 Å². The highest BCUT2D eigenvalue weighted by Gasteiger charge is 2.40. The van der Waals surface area contributed by atoms with E-state index >= 15 is 0 Å². The molecule has 1 N–H and O–H groups in total. The lowest BCUT2D eigenvalue weighted by Gasteiger charge is -2.39. The van der Waals surface area contributed by atoms with E-state index in [2.05, 4.69) is 5.32 Å². The fourth-order valence-corrected chi connectivity index (χ4v) is 2.68. The fourth-order valence-electron chi connectivity index (χ4n) is 2.45. The first-order chi connectivity index (χ1) is 10.4. The van der Waals surface area contributed by atoms with Crippen LogP contribution in [0.2, 0.25) is 5.02 Å². The van der Waals surface area contributed by atoms with E-state index in [1.54, 1.807) is 13.0 Å². The van der Waals surface area contributed by atoms with Crippen molar-refractivity contribution in [3.63, 3.8) is 0 Å². The number of benzene rings is 1. The number of hydrogen-bond donors (Lipinski definition) is 1. The number of nitrogens with zero attached hydrogens (tertiary/aromatic N) is 1. The molecule has 2 rings (SSSR count). The minimum absolute atomic E-state index is 0.123. The highest BCUT2D eigenvalue weighted by Crippen LogP contribution is 2.22. The van der Waals surface area contributed by atoms with Crippen molar-refractivity contribution >= 4 is 23.4 Å². The molecule has 1 saturated heterocycles. The Morgan fingerprint density at radius 1 is 1.50 bits per heavy atom. The smallest absolute Gasteiger partial charge is 0.253 e. The molecular weight excluding hydrogens is 311 g/mol. The second kappa shape index (κ2) is 6.62. The van der Waals surface area contributed by atoms with Crippen molar-refractivity contribution in [2.75, 3.05) is 26.7 Å². The van der Waals surface area contributed by atoms with Crippen LogP contribution in [0.25, 0.3) is 0 Å². The molecule has 0 spiro atoms. The summed E-state index contributed by atoms with van der Waals surface area (Å²) in [5, 5.41) is 2.74. The summed E-state index contributed by atoms with van der Waals surface area (Å²) >= 11 is 5.94. The van der Waals surface area contributed by atoms with Gasteiger partial charge in [-0.05, 0) is 19.1 Å². The molecule has 120 valence electrons. The van der Waals surface area contributed by atoms with Crippen LogP contribution in [-0.2, 0) is 20.7 Å². The number of ether oxygens (including phenoxy) is 1. The predicted molar refractivity (Wildman–Crippen MR) is 80.1 cm³/mol. The van der Waals surface area contributed by atoms with Crippen LogP contribution in [0.5, 0.6) is 0 Å². The minimum Gasteiger partial charge on any atom is -0.362 e. The summed E-state index contributed by atoms with van der Waals surface area (Å²) in [5.41, 5.74) is -0.927. The second-order valence-corrected chi connectivity index (χ2v) is 5.76. The van der Waals surface area contributed by atoms with Crippen molar-refractivity contribution in [2.45, 2.75) is 18.9 Å². The molecule has 0 aliphatic carbocycles. The molecular formula is C15H18ClFN2O3. The summed E-state index contributed by atoms with van der Waals surface area (Å²) in [6.07, 6.45) is -0.144. The van der Waals surface area contributed by atoms with Gasteiger partial charge in [-0.1, -0.05) is 17.7 Å². The van der Waals surface area contributed by atoms with Gasteiger partial charge in [0.05, 0.1) is 19.6 Å². The van der Waals surface area contributed by atoms with Crippen molar-refractivity contribution in [3.05, 3.63) is 34.6 Å². The van der Waals surface area contributed by atoms with Crippen LogP contribution in [0.4, 0.5) is 4.39 Å². The Bertz CT molecular complexity index is 576. The van der Waals surface area contributed by atoms with Crippen molar-refractivity contribution in [3.8, 4) is 0 Å². The Balaban J connectivity index is 2.11. The van der Waals surface area contributed by atoms with Gasteiger partial charge in [-0.25, -0.2) is 4.39 Å². The van der Waals surface area contributed by atoms with Gasteiger partial charge in [-0.3, -0.25) is 9.59 Å². The molecule has 1 atom stereocenters. The molecule has 2 amide bonds. The predicted octanol–water partition coefficient (Wildman–Crippen LogP) is 1.39. The monoisotopic (exact) mass is 328 g/mol. The summed E-state index contributed by atoms with van der Waals surface area (Å²) in [4.78, 5) is 25.8. The average Bonchev–Trinajstić information content (AvgIpc) is 2.50. The van der Waals surface area contributed by atoms with Crippen LogP contribution >= 0.6 is 11.6 Å². The fraction of sp³-hybridized carbons (Fsp3) is 0.467. The van der Waals surface area contributed by atoms with E-state index in [1.165, 1.54) is 24.1 Å². The lowest BCUT2D eigenvalue weighted by Crippen LogP contribution is -2.59. The standard InChI is InChI=1S/C15H18ClFN2O3/c1-15(14(21)18-2)9-19(6-7-22-15)13(20)8-10-11(16)4-3-5-12(10)17/h3-5H,6-9H2,1-2H3,(H,18,21)/t15-/m1/s1. The van der Waals surface area contributed by atoms with Crippen LogP contribution in [-0.4, -0.2) is 49.1 Å². The van der Waals surface area contributed by atoms with Crippen molar-refractivity contribution < 1.29 is 18.7 Å². The minimum atomic E-state index is -1.10. The number of carbonyl (C=O) groups excluding carboxylic acids is 2. The van der Waals surface area contributed by atoms with Gasteiger partial charge in [0.2, 0.25) is 5.91 Å². The molecule has 22 heavy (non-hydrogen) atoms. The summed E-state index contributed by atoms with van der Waals surface area (Å²) in [6, 6.07) is 4.30. The first-order valence-corrected chi connectivity index (χ1v) is 7.32.